The smallest absolute Gasteiger partial charge is 0.128 e. The van der Waals surface area contributed by atoms with Gasteiger partial charge in [-0.25, -0.2) is 4.39 Å². The zero-order valence-corrected chi connectivity index (χ0v) is 11.8. The second-order valence-electron chi connectivity index (χ2n) is 5.50. The van der Waals surface area contributed by atoms with Crippen molar-refractivity contribution in [1.29, 1.82) is 0 Å². The van der Waals surface area contributed by atoms with Crippen LogP contribution < -0.4 is 5.32 Å². The molecule has 5 heteroatoms. The van der Waals surface area contributed by atoms with Crippen LogP contribution in [0.1, 0.15) is 18.9 Å². The Labute approximate surface area is 118 Å². The van der Waals surface area contributed by atoms with Crippen molar-refractivity contribution in [3.05, 3.63) is 35.6 Å². The molecule has 1 aromatic carbocycles. The lowest BCUT2D eigenvalue weighted by molar-refractivity contribution is 0.0238. The molecular weight excluding hydrogens is 261 g/mol. The largest absolute Gasteiger partial charge is 0.389 e. The quantitative estimate of drug-likeness (QED) is 0.796. The third kappa shape index (κ3) is 4.52. The van der Waals surface area contributed by atoms with Crippen molar-refractivity contribution in [3.8, 4) is 0 Å². The summed E-state index contributed by atoms with van der Waals surface area (Å²) >= 11 is 0. The van der Waals surface area contributed by atoms with Gasteiger partial charge in [-0.1, -0.05) is 18.2 Å². The van der Waals surface area contributed by atoms with E-state index < -0.39 is 6.10 Å². The van der Waals surface area contributed by atoms with Gasteiger partial charge in [0.05, 0.1) is 25.9 Å². The summed E-state index contributed by atoms with van der Waals surface area (Å²) in [5.74, 6) is -0.282. The lowest BCUT2D eigenvalue weighted by atomic mass is 10.0. The first-order valence-electron chi connectivity index (χ1n) is 6.91. The van der Waals surface area contributed by atoms with Gasteiger partial charge in [-0.05, 0) is 19.4 Å². The van der Waals surface area contributed by atoms with Gasteiger partial charge >= 0.3 is 0 Å². The zero-order chi connectivity index (χ0) is 14.4. The lowest BCUT2D eigenvalue weighted by Crippen LogP contribution is -2.47. The zero-order valence-electron chi connectivity index (χ0n) is 11.8. The number of rotatable bonds is 7. The molecule has 2 N–H and O–H groups in total. The first-order valence-corrected chi connectivity index (χ1v) is 6.91. The lowest BCUT2D eigenvalue weighted by Gasteiger charge is -2.25. The van der Waals surface area contributed by atoms with E-state index >= 15 is 0 Å². The van der Waals surface area contributed by atoms with Crippen molar-refractivity contribution in [2.75, 3.05) is 26.4 Å². The van der Waals surface area contributed by atoms with E-state index in [4.69, 9.17) is 9.47 Å². The highest BCUT2D eigenvalue weighted by Crippen LogP contribution is 2.17. The van der Waals surface area contributed by atoms with Gasteiger partial charge in [0.15, 0.2) is 0 Å². The SMILES string of the molecule is CC1(NCC(O)COCc2ccccc2F)CCOC1. The van der Waals surface area contributed by atoms with Gasteiger partial charge in [-0.2, -0.15) is 0 Å². The molecule has 1 aliphatic heterocycles. The molecule has 112 valence electrons. The average Bonchev–Trinajstić information content (AvgIpc) is 2.86. The molecule has 2 unspecified atom stereocenters. The highest BCUT2D eigenvalue weighted by Gasteiger charge is 2.29. The van der Waals surface area contributed by atoms with Crippen LogP contribution in [-0.2, 0) is 16.1 Å². The molecule has 4 nitrogen and oxygen atoms in total. The summed E-state index contributed by atoms with van der Waals surface area (Å²) < 4.78 is 24.0. The van der Waals surface area contributed by atoms with E-state index in [2.05, 4.69) is 12.2 Å². The minimum Gasteiger partial charge on any atom is -0.389 e. The number of hydrogen-bond donors (Lipinski definition) is 2. The summed E-state index contributed by atoms with van der Waals surface area (Å²) in [6.07, 6.45) is 0.328. The minimum atomic E-state index is -0.612. The van der Waals surface area contributed by atoms with Gasteiger partial charge in [0, 0.05) is 24.3 Å². The second-order valence-corrected chi connectivity index (χ2v) is 5.50. The number of aliphatic hydroxyl groups excluding tert-OH is 1. The van der Waals surface area contributed by atoms with E-state index in [9.17, 15) is 9.50 Å². The summed E-state index contributed by atoms with van der Waals surface area (Å²) in [4.78, 5) is 0. The van der Waals surface area contributed by atoms with Gasteiger partial charge in [-0.3, -0.25) is 0 Å². The molecule has 0 saturated carbocycles. The van der Waals surface area contributed by atoms with Gasteiger partial charge < -0.3 is 19.9 Å². The van der Waals surface area contributed by atoms with Gasteiger partial charge in [0.2, 0.25) is 0 Å². The Morgan fingerprint density at radius 3 is 3.00 bits per heavy atom. The molecule has 0 aliphatic carbocycles. The molecule has 2 rings (SSSR count). The van der Waals surface area contributed by atoms with Crippen molar-refractivity contribution < 1.29 is 19.0 Å². The van der Waals surface area contributed by atoms with Crippen molar-refractivity contribution in [2.24, 2.45) is 0 Å². The standard InChI is InChI=1S/C15H22FNO3/c1-15(6-7-19-11-15)17-8-13(18)10-20-9-12-4-2-3-5-14(12)16/h2-5,13,17-18H,6-11H2,1H3. The topological polar surface area (TPSA) is 50.7 Å². The van der Waals surface area contributed by atoms with E-state index in [0.29, 0.717) is 18.7 Å². The third-order valence-electron chi connectivity index (χ3n) is 3.51. The maximum absolute atomic E-state index is 13.3. The summed E-state index contributed by atoms with van der Waals surface area (Å²) in [6, 6.07) is 6.48. The number of hydrogen-bond acceptors (Lipinski definition) is 4. The van der Waals surface area contributed by atoms with Crippen LogP contribution in [0.15, 0.2) is 24.3 Å². The van der Waals surface area contributed by atoms with E-state index in [1.165, 1.54) is 6.07 Å². The number of β-amino-alcohol motifs (C(OH)–C–C–N with tert-alkyl or cyclic N) is 1. The molecule has 1 fully saturated rings. The predicted molar refractivity (Wildman–Crippen MR) is 73.9 cm³/mol. The highest BCUT2D eigenvalue weighted by molar-refractivity contribution is 5.16. The Hall–Kier alpha value is -1.01. The maximum Gasteiger partial charge on any atom is 0.128 e. The van der Waals surface area contributed by atoms with Crippen LogP contribution in [0.5, 0.6) is 0 Å². The summed E-state index contributed by atoms with van der Waals surface area (Å²) in [6.45, 7) is 4.28. The molecule has 0 aromatic heterocycles. The number of halogens is 1. The second kappa shape index (κ2) is 7.13. The van der Waals surface area contributed by atoms with Crippen LogP contribution in [0.3, 0.4) is 0 Å². The van der Waals surface area contributed by atoms with Crippen molar-refractivity contribution in [1.82, 2.24) is 5.32 Å². The minimum absolute atomic E-state index is 0.0630. The number of nitrogens with one attached hydrogen (secondary N) is 1. The highest BCUT2D eigenvalue weighted by atomic mass is 19.1. The van der Waals surface area contributed by atoms with Crippen LogP contribution in [0.4, 0.5) is 4.39 Å². The molecule has 2 atom stereocenters. The van der Waals surface area contributed by atoms with Crippen LogP contribution >= 0.6 is 0 Å². The van der Waals surface area contributed by atoms with Crippen LogP contribution in [0.25, 0.3) is 0 Å². The number of ether oxygens (including phenoxy) is 2. The normalized spacial score (nSPS) is 23.9. The van der Waals surface area contributed by atoms with Crippen molar-refractivity contribution >= 4 is 0 Å². The average molecular weight is 283 g/mol. The molecule has 0 bridgehead atoms. The van der Waals surface area contributed by atoms with Crippen molar-refractivity contribution in [2.45, 2.75) is 31.6 Å². The predicted octanol–water partition coefficient (Wildman–Crippen LogP) is 1.47. The van der Waals surface area contributed by atoms with E-state index in [1.54, 1.807) is 18.2 Å². The molecule has 1 heterocycles. The van der Waals surface area contributed by atoms with Gasteiger partial charge in [0.1, 0.15) is 5.82 Å². The Morgan fingerprint density at radius 1 is 1.50 bits per heavy atom. The maximum atomic E-state index is 13.3. The molecule has 0 spiro atoms. The Balaban J connectivity index is 1.65. The molecule has 1 aromatic rings. The molecule has 1 saturated heterocycles. The fourth-order valence-corrected chi connectivity index (χ4v) is 2.15. The van der Waals surface area contributed by atoms with Crippen LogP contribution in [0, 0.1) is 5.82 Å². The Bertz CT molecular complexity index is 421. The summed E-state index contributed by atoms with van der Waals surface area (Å²) in [5, 5.41) is 13.1. The molecule has 1 aliphatic rings. The van der Waals surface area contributed by atoms with E-state index in [-0.39, 0.29) is 24.6 Å². The molecular formula is C15H22FNO3. The molecule has 0 radical (unpaired) electrons. The fraction of sp³-hybridized carbons (Fsp3) is 0.600. The first-order chi connectivity index (χ1) is 9.59. The Morgan fingerprint density at radius 2 is 2.30 bits per heavy atom. The molecule has 20 heavy (non-hydrogen) atoms. The van der Waals surface area contributed by atoms with Crippen LogP contribution in [-0.4, -0.2) is 43.1 Å². The number of aliphatic hydroxyl groups is 1. The van der Waals surface area contributed by atoms with Gasteiger partial charge in [0.25, 0.3) is 0 Å². The monoisotopic (exact) mass is 283 g/mol. The third-order valence-corrected chi connectivity index (χ3v) is 3.51. The van der Waals surface area contributed by atoms with E-state index in [0.717, 1.165) is 13.0 Å². The van der Waals surface area contributed by atoms with Crippen molar-refractivity contribution in [3.63, 3.8) is 0 Å². The first kappa shape index (κ1) is 15.4. The summed E-state index contributed by atoms with van der Waals surface area (Å²) in [5.41, 5.74) is 0.441. The van der Waals surface area contributed by atoms with E-state index in [1.807, 2.05) is 0 Å². The fourth-order valence-electron chi connectivity index (χ4n) is 2.15. The summed E-state index contributed by atoms with van der Waals surface area (Å²) in [7, 11) is 0. The van der Waals surface area contributed by atoms with Crippen LogP contribution in [0.2, 0.25) is 0 Å². The Kier molecular flexibility index (Phi) is 5.48. The van der Waals surface area contributed by atoms with Gasteiger partial charge in [-0.15, -0.1) is 0 Å². The molecule has 0 amide bonds. The number of benzene rings is 1.